The third-order valence-corrected chi connectivity index (χ3v) is 4.66. The van der Waals surface area contributed by atoms with Gasteiger partial charge in [0.1, 0.15) is 0 Å². The van der Waals surface area contributed by atoms with Crippen molar-refractivity contribution in [1.29, 1.82) is 5.26 Å². The van der Waals surface area contributed by atoms with Crippen LogP contribution in [0.2, 0.25) is 0 Å². The van der Waals surface area contributed by atoms with Crippen LogP contribution in [0.5, 0.6) is 0 Å². The molecular formula is C18H17N5OS. The van der Waals surface area contributed by atoms with E-state index >= 15 is 0 Å². The second-order valence-corrected chi connectivity index (χ2v) is 6.23. The molecule has 7 heteroatoms. The average molecular weight is 351 g/mol. The second-order valence-electron chi connectivity index (χ2n) is 5.28. The van der Waals surface area contributed by atoms with Crippen LogP contribution in [0.1, 0.15) is 11.1 Å². The Bertz CT molecular complexity index is 855. The van der Waals surface area contributed by atoms with E-state index < -0.39 is 0 Å². The van der Waals surface area contributed by atoms with Gasteiger partial charge in [-0.25, -0.2) is 0 Å². The third-order valence-electron chi connectivity index (χ3n) is 3.63. The summed E-state index contributed by atoms with van der Waals surface area (Å²) in [6, 6.07) is 13.5. The Labute approximate surface area is 150 Å². The highest BCUT2D eigenvalue weighted by molar-refractivity contribution is 7.98. The predicted molar refractivity (Wildman–Crippen MR) is 95.8 cm³/mol. The molecule has 0 bridgehead atoms. The normalized spacial score (nSPS) is 10.6. The van der Waals surface area contributed by atoms with Gasteiger partial charge in [0.25, 0.3) is 0 Å². The fourth-order valence-corrected chi connectivity index (χ4v) is 3.24. The molecule has 2 aromatic heterocycles. The fraction of sp³-hybridized carbons (Fsp3) is 0.222. The van der Waals surface area contributed by atoms with Crippen LogP contribution in [0.3, 0.4) is 0 Å². The molecule has 0 aliphatic heterocycles. The van der Waals surface area contributed by atoms with E-state index in [9.17, 15) is 0 Å². The number of thioether (sulfide) groups is 1. The van der Waals surface area contributed by atoms with Gasteiger partial charge in [0.15, 0.2) is 11.0 Å². The first-order valence-corrected chi connectivity index (χ1v) is 8.74. The standard InChI is InChI=1S/C18H17N5OS/c1-24-11-10-23-17(16-6-8-20-9-7-16)21-22-18(23)25-13-15-4-2-14(12-19)3-5-15/h2-9H,10-11,13H2,1H3. The molecule has 0 amide bonds. The van der Waals surface area contributed by atoms with Crippen molar-refractivity contribution in [2.24, 2.45) is 0 Å². The number of hydrogen-bond acceptors (Lipinski definition) is 6. The Kier molecular flexibility index (Phi) is 5.77. The Morgan fingerprint density at radius 2 is 1.88 bits per heavy atom. The molecule has 25 heavy (non-hydrogen) atoms. The summed E-state index contributed by atoms with van der Waals surface area (Å²) in [5, 5.41) is 18.4. The van der Waals surface area contributed by atoms with Gasteiger partial charge in [-0.05, 0) is 29.8 Å². The molecule has 6 nitrogen and oxygen atoms in total. The van der Waals surface area contributed by atoms with E-state index in [2.05, 4.69) is 25.8 Å². The summed E-state index contributed by atoms with van der Waals surface area (Å²) in [5.74, 6) is 1.56. The van der Waals surface area contributed by atoms with Crippen LogP contribution in [0, 0.1) is 11.3 Å². The van der Waals surface area contributed by atoms with Crippen LogP contribution in [0.4, 0.5) is 0 Å². The maximum absolute atomic E-state index is 8.87. The lowest BCUT2D eigenvalue weighted by Crippen LogP contribution is -2.07. The van der Waals surface area contributed by atoms with Crippen molar-refractivity contribution in [1.82, 2.24) is 19.7 Å². The Hall–Kier alpha value is -2.69. The van der Waals surface area contributed by atoms with Gasteiger partial charge in [0.2, 0.25) is 0 Å². The largest absolute Gasteiger partial charge is 0.383 e. The van der Waals surface area contributed by atoms with E-state index in [4.69, 9.17) is 10.00 Å². The van der Waals surface area contributed by atoms with Gasteiger partial charge < -0.3 is 4.74 Å². The van der Waals surface area contributed by atoms with Gasteiger partial charge in [-0.2, -0.15) is 5.26 Å². The van der Waals surface area contributed by atoms with Crippen molar-refractivity contribution in [2.45, 2.75) is 17.5 Å². The number of nitriles is 1. The molecule has 0 unspecified atom stereocenters. The number of aromatic nitrogens is 4. The quantitative estimate of drug-likeness (QED) is 0.609. The number of rotatable bonds is 7. The molecule has 0 saturated carbocycles. The van der Waals surface area contributed by atoms with Crippen LogP contribution in [0.25, 0.3) is 11.4 Å². The number of pyridine rings is 1. The van der Waals surface area contributed by atoms with Crippen LogP contribution in [-0.4, -0.2) is 33.5 Å². The minimum absolute atomic E-state index is 0.584. The van der Waals surface area contributed by atoms with Gasteiger partial charge in [-0.3, -0.25) is 9.55 Å². The molecule has 3 rings (SSSR count). The van der Waals surface area contributed by atoms with Crippen molar-refractivity contribution in [3.8, 4) is 17.5 Å². The van der Waals surface area contributed by atoms with Gasteiger partial charge in [0, 0.05) is 30.8 Å². The lowest BCUT2D eigenvalue weighted by molar-refractivity contribution is 0.185. The SMILES string of the molecule is COCCn1c(SCc2ccc(C#N)cc2)nnc1-c1ccncc1. The number of benzene rings is 1. The van der Waals surface area contributed by atoms with E-state index in [1.54, 1.807) is 31.3 Å². The molecule has 0 N–H and O–H groups in total. The summed E-state index contributed by atoms with van der Waals surface area (Å²) in [4.78, 5) is 4.05. The summed E-state index contributed by atoms with van der Waals surface area (Å²) in [6.45, 7) is 1.26. The molecule has 1 aromatic carbocycles. The van der Waals surface area contributed by atoms with Crippen LogP contribution in [-0.2, 0) is 17.0 Å². The zero-order chi connectivity index (χ0) is 17.5. The summed E-state index contributed by atoms with van der Waals surface area (Å²) >= 11 is 1.61. The van der Waals surface area contributed by atoms with Gasteiger partial charge >= 0.3 is 0 Å². The number of ether oxygens (including phenoxy) is 1. The molecule has 126 valence electrons. The van der Waals surface area contributed by atoms with E-state index in [0.29, 0.717) is 18.7 Å². The predicted octanol–water partition coefficient (Wildman–Crippen LogP) is 3.15. The lowest BCUT2D eigenvalue weighted by atomic mass is 10.2. The molecule has 0 aliphatic carbocycles. The first kappa shape index (κ1) is 17.1. The Morgan fingerprint density at radius 1 is 1.12 bits per heavy atom. The smallest absolute Gasteiger partial charge is 0.191 e. The zero-order valence-electron chi connectivity index (χ0n) is 13.8. The van der Waals surface area contributed by atoms with Crippen molar-refractivity contribution < 1.29 is 4.74 Å². The maximum Gasteiger partial charge on any atom is 0.191 e. The average Bonchev–Trinajstić information content (AvgIpc) is 3.08. The highest BCUT2D eigenvalue weighted by atomic mass is 32.2. The van der Waals surface area contributed by atoms with Gasteiger partial charge in [-0.1, -0.05) is 23.9 Å². The molecule has 0 aliphatic rings. The zero-order valence-corrected chi connectivity index (χ0v) is 14.6. The molecule has 0 radical (unpaired) electrons. The molecular weight excluding hydrogens is 334 g/mol. The van der Waals surface area contributed by atoms with Gasteiger partial charge in [0.05, 0.1) is 24.8 Å². The van der Waals surface area contributed by atoms with Crippen molar-refractivity contribution in [3.63, 3.8) is 0 Å². The highest BCUT2D eigenvalue weighted by Gasteiger charge is 2.14. The summed E-state index contributed by atoms with van der Waals surface area (Å²) < 4.78 is 7.28. The molecule has 0 fully saturated rings. The summed E-state index contributed by atoms with van der Waals surface area (Å²) in [7, 11) is 1.68. The molecule has 2 heterocycles. The van der Waals surface area contributed by atoms with Crippen molar-refractivity contribution in [2.75, 3.05) is 13.7 Å². The third kappa shape index (κ3) is 4.24. The Balaban J connectivity index is 1.80. The number of hydrogen-bond donors (Lipinski definition) is 0. The number of methoxy groups -OCH3 is 1. The summed E-state index contributed by atoms with van der Waals surface area (Å²) in [6.07, 6.45) is 3.49. The van der Waals surface area contributed by atoms with Crippen molar-refractivity contribution >= 4 is 11.8 Å². The molecule has 3 aromatic rings. The van der Waals surface area contributed by atoms with E-state index in [0.717, 1.165) is 27.9 Å². The van der Waals surface area contributed by atoms with Crippen LogP contribution < -0.4 is 0 Å². The minimum Gasteiger partial charge on any atom is -0.383 e. The topological polar surface area (TPSA) is 76.6 Å². The van der Waals surface area contributed by atoms with E-state index in [-0.39, 0.29) is 0 Å². The van der Waals surface area contributed by atoms with E-state index in [1.807, 2.05) is 36.4 Å². The van der Waals surface area contributed by atoms with E-state index in [1.165, 1.54) is 0 Å². The Morgan fingerprint density at radius 3 is 2.56 bits per heavy atom. The first-order valence-electron chi connectivity index (χ1n) is 7.76. The maximum atomic E-state index is 8.87. The molecule has 0 atom stereocenters. The van der Waals surface area contributed by atoms with Crippen LogP contribution >= 0.6 is 11.8 Å². The molecule has 0 saturated heterocycles. The second kappa shape index (κ2) is 8.42. The monoisotopic (exact) mass is 351 g/mol. The van der Waals surface area contributed by atoms with Gasteiger partial charge in [-0.15, -0.1) is 10.2 Å². The lowest BCUT2D eigenvalue weighted by Gasteiger charge is -2.09. The van der Waals surface area contributed by atoms with Crippen LogP contribution in [0.15, 0.2) is 53.9 Å². The molecule has 0 spiro atoms. The highest BCUT2D eigenvalue weighted by Crippen LogP contribution is 2.26. The summed E-state index contributed by atoms with van der Waals surface area (Å²) in [5.41, 5.74) is 2.77. The first-order chi connectivity index (χ1) is 12.3. The number of nitrogens with zero attached hydrogens (tertiary/aromatic N) is 5. The minimum atomic E-state index is 0.584. The fourth-order valence-electron chi connectivity index (χ4n) is 2.32. The van der Waals surface area contributed by atoms with Crippen molar-refractivity contribution in [3.05, 3.63) is 59.9 Å².